The predicted octanol–water partition coefficient (Wildman–Crippen LogP) is 1.87. The Morgan fingerprint density at radius 2 is 2.05 bits per heavy atom. The number of hydrogen-bond acceptors (Lipinski definition) is 3. The highest BCUT2D eigenvalue weighted by molar-refractivity contribution is 5.94. The van der Waals surface area contributed by atoms with E-state index in [0.29, 0.717) is 12.1 Å². The lowest BCUT2D eigenvalue weighted by molar-refractivity contribution is 0.0952. The van der Waals surface area contributed by atoms with Crippen LogP contribution in [0.25, 0.3) is 0 Å². The zero-order valence-corrected chi connectivity index (χ0v) is 11.6. The SMILES string of the molecule is CCN(CC)CCCNC(=O)c1ccc(F)c(N)c1. The first-order chi connectivity index (χ1) is 9.08. The van der Waals surface area contributed by atoms with Gasteiger partial charge >= 0.3 is 0 Å². The van der Waals surface area contributed by atoms with Gasteiger partial charge in [-0.15, -0.1) is 0 Å². The van der Waals surface area contributed by atoms with Gasteiger partial charge < -0.3 is 16.0 Å². The Morgan fingerprint density at radius 3 is 2.63 bits per heavy atom. The van der Waals surface area contributed by atoms with E-state index in [1.807, 2.05) is 0 Å². The van der Waals surface area contributed by atoms with Gasteiger partial charge in [0.05, 0.1) is 5.69 Å². The Labute approximate surface area is 113 Å². The number of anilines is 1. The smallest absolute Gasteiger partial charge is 0.251 e. The highest BCUT2D eigenvalue weighted by Gasteiger charge is 2.07. The average Bonchev–Trinajstić information content (AvgIpc) is 2.42. The summed E-state index contributed by atoms with van der Waals surface area (Å²) in [6, 6.07) is 4.00. The summed E-state index contributed by atoms with van der Waals surface area (Å²) in [7, 11) is 0. The number of hydrogen-bond donors (Lipinski definition) is 2. The third kappa shape index (κ3) is 4.87. The highest BCUT2D eigenvalue weighted by Crippen LogP contribution is 2.11. The molecule has 0 saturated heterocycles. The van der Waals surface area contributed by atoms with Crippen LogP contribution in [0.3, 0.4) is 0 Å². The van der Waals surface area contributed by atoms with Crippen LogP contribution in [-0.2, 0) is 0 Å². The van der Waals surface area contributed by atoms with Gasteiger partial charge in [0.1, 0.15) is 5.82 Å². The molecule has 0 radical (unpaired) electrons. The number of benzene rings is 1. The second-order valence-corrected chi connectivity index (χ2v) is 4.37. The molecule has 0 aromatic heterocycles. The second kappa shape index (κ2) is 7.74. The number of nitrogens with zero attached hydrogens (tertiary/aromatic N) is 1. The number of carbonyl (C=O) groups excluding carboxylic acids is 1. The van der Waals surface area contributed by atoms with Crippen LogP contribution in [0.5, 0.6) is 0 Å². The number of nitrogens with two attached hydrogens (primary N) is 1. The molecule has 1 amide bonds. The number of nitrogens with one attached hydrogen (secondary N) is 1. The van der Waals surface area contributed by atoms with Crippen molar-refractivity contribution in [2.24, 2.45) is 0 Å². The Hall–Kier alpha value is -1.62. The molecule has 5 heteroatoms. The molecule has 0 saturated carbocycles. The maximum atomic E-state index is 13.0. The van der Waals surface area contributed by atoms with Crippen LogP contribution >= 0.6 is 0 Å². The van der Waals surface area contributed by atoms with Crippen molar-refractivity contribution in [3.8, 4) is 0 Å². The zero-order valence-electron chi connectivity index (χ0n) is 11.6. The molecule has 1 aromatic carbocycles. The summed E-state index contributed by atoms with van der Waals surface area (Å²) in [5.41, 5.74) is 5.81. The van der Waals surface area contributed by atoms with Crippen LogP contribution < -0.4 is 11.1 Å². The number of nitrogen functional groups attached to an aromatic ring is 1. The fourth-order valence-electron chi connectivity index (χ4n) is 1.83. The number of rotatable bonds is 7. The molecule has 0 aliphatic heterocycles. The van der Waals surface area contributed by atoms with Crippen LogP contribution in [0.15, 0.2) is 18.2 Å². The molecule has 0 spiro atoms. The largest absolute Gasteiger partial charge is 0.396 e. The van der Waals surface area contributed by atoms with E-state index in [4.69, 9.17) is 5.73 Å². The molecule has 0 aliphatic carbocycles. The highest BCUT2D eigenvalue weighted by atomic mass is 19.1. The lowest BCUT2D eigenvalue weighted by atomic mass is 10.2. The van der Waals surface area contributed by atoms with Crippen molar-refractivity contribution in [2.45, 2.75) is 20.3 Å². The second-order valence-electron chi connectivity index (χ2n) is 4.37. The van der Waals surface area contributed by atoms with E-state index in [0.717, 1.165) is 26.1 Å². The van der Waals surface area contributed by atoms with Crippen LogP contribution in [0, 0.1) is 5.82 Å². The number of amides is 1. The van der Waals surface area contributed by atoms with Crippen LogP contribution in [0.1, 0.15) is 30.6 Å². The number of carbonyl (C=O) groups is 1. The van der Waals surface area contributed by atoms with Gasteiger partial charge in [-0.05, 0) is 44.3 Å². The van der Waals surface area contributed by atoms with Crippen LogP contribution in [0.4, 0.5) is 10.1 Å². The van der Waals surface area contributed by atoms with Gasteiger partial charge in [-0.1, -0.05) is 13.8 Å². The molecule has 0 aliphatic rings. The maximum Gasteiger partial charge on any atom is 0.251 e. The molecule has 0 unspecified atom stereocenters. The van der Waals surface area contributed by atoms with Gasteiger partial charge in [0.2, 0.25) is 0 Å². The summed E-state index contributed by atoms with van der Waals surface area (Å²) in [6.45, 7) is 7.82. The van der Waals surface area contributed by atoms with Gasteiger partial charge in [0, 0.05) is 12.1 Å². The van der Waals surface area contributed by atoms with Crippen molar-refractivity contribution >= 4 is 11.6 Å². The van der Waals surface area contributed by atoms with E-state index < -0.39 is 5.82 Å². The van der Waals surface area contributed by atoms with E-state index in [2.05, 4.69) is 24.1 Å². The zero-order chi connectivity index (χ0) is 14.3. The third-order valence-corrected chi connectivity index (χ3v) is 3.09. The first kappa shape index (κ1) is 15.4. The molecule has 0 fully saturated rings. The maximum absolute atomic E-state index is 13.0. The van der Waals surface area contributed by atoms with E-state index in [1.54, 1.807) is 0 Å². The summed E-state index contributed by atoms with van der Waals surface area (Å²) in [5.74, 6) is -0.718. The van der Waals surface area contributed by atoms with Crippen LogP contribution in [-0.4, -0.2) is 37.0 Å². The van der Waals surface area contributed by atoms with Crippen molar-refractivity contribution in [2.75, 3.05) is 31.9 Å². The molecule has 4 nitrogen and oxygen atoms in total. The Bertz CT molecular complexity index is 419. The molecule has 1 rings (SSSR count). The summed E-state index contributed by atoms with van der Waals surface area (Å²) >= 11 is 0. The third-order valence-electron chi connectivity index (χ3n) is 3.09. The van der Waals surface area contributed by atoms with Gasteiger partial charge in [-0.3, -0.25) is 4.79 Å². The minimum atomic E-state index is -0.502. The van der Waals surface area contributed by atoms with Gasteiger partial charge in [0.25, 0.3) is 5.91 Å². The quantitative estimate of drug-likeness (QED) is 0.585. The molecule has 19 heavy (non-hydrogen) atoms. The predicted molar refractivity (Wildman–Crippen MR) is 75.6 cm³/mol. The first-order valence-electron chi connectivity index (χ1n) is 6.64. The fourth-order valence-corrected chi connectivity index (χ4v) is 1.83. The van der Waals surface area contributed by atoms with Crippen molar-refractivity contribution < 1.29 is 9.18 Å². The summed E-state index contributed by atoms with van der Waals surface area (Å²) in [5, 5.41) is 2.81. The molecule has 0 atom stereocenters. The molecule has 106 valence electrons. The molecule has 1 aromatic rings. The van der Waals surface area contributed by atoms with Crippen LogP contribution in [0.2, 0.25) is 0 Å². The van der Waals surface area contributed by atoms with E-state index in [-0.39, 0.29) is 11.6 Å². The normalized spacial score (nSPS) is 10.7. The molecular formula is C14H22FN3O. The van der Waals surface area contributed by atoms with E-state index in [1.165, 1.54) is 18.2 Å². The Morgan fingerprint density at radius 1 is 1.37 bits per heavy atom. The minimum absolute atomic E-state index is 0.00390. The van der Waals surface area contributed by atoms with E-state index >= 15 is 0 Å². The van der Waals surface area contributed by atoms with Gasteiger partial charge in [-0.2, -0.15) is 0 Å². The Balaban J connectivity index is 2.37. The number of halogens is 1. The molecule has 0 heterocycles. The molecular weight excluding hydrogens is 245 g/mol. The lowest BCUT2D eigenvalue weighted by Gasteiger charge is -2.17. The summed E-state index contributed by atoms with van der Waals surface area (Å²) in [6.07, 6.45) is 0.893. The first-order valence-corrected chi connectivity index (χ1v) is 6.64. The van der Waals surface area contributed by atoms with Gasteiger partial charge in [0.15, 0.2) is 0 Å². The van der Waals surface area contributed by atoms with Crippen molar-refractivity contribution in [1.29, 1.82) is 0 Å². The summed E-state index contributed by atoms with van der Waals surface area (Å²) < 4.78 is 13.0. The molecule has 3 N–H and O–H groups in total. The van der Waals surface area contributed by atoms with Crippen molar-refractivity contribution in [3.05, 3.63) is 29.6 Å². The van der Waals surface area contributed by atoms with E-state index in [9.17, 15) is 9.18 Å². The topological polar surface area (TPSA) is 58.4 Å². The summed E-state index contributed by atoms with van der Waals surface area (Å²) in [4.78, 5) is 14.1. The average molecular weight is 267 g/mol. The lowest BCUT2D eigenvalue weighted by Crippen LogP contribution is -2.29. The monoisotopic (exact) mass is 267 g/mol. The van der Waals surface area contributed by atoms with Crippen molar-refractivity contribution in [3.63, 3.8) is 0 Å². The van der Waals surface area contributed by atoms with Gasteiger partial charge in [-0.25, -0.2) is 4.39 Å². The fraction of sp³-hybridized carbons (Fsp3) is 0.500. The molecule has 0 bridgehead atoms. The minimum Gasteiger partial charge on any atom is -0.396 e. The Kier molecular flexibility index (Phi) is 6.29. The standard InChI is InChI=1S/C14H22FN3O/c1-3-18(4-2)9-5-8-17-14(19)11-6-7-12(15)13(16)10-11/h6-7,10H,3-5,8-9,16H2,1-2H3,(H,17,19). The van der Waals surface area contributed by atoms with Crippen molar-refractivity contribution in [1.82, 2.24) is 10.2 Å².